The lowest BCUT2D eigenvalue weighted by molar-refractivity contribution is 0.422. The number of aromatic nitrogens is 4. The molecule has 0 aliphatic heterocycles. The van der Waals surface area contributed by atoms with Crippen LogP contribution in [0.5, 0.6) is 0 Å². The first-order valence-corrected chi connectivity index (χ1v) is 8.20. The third-order valence-electron chi connectivity index (χ3n) is 3.42. The zero-order chi connectivity index (χ0) is 13.7. The Morgan fingerprint density at radius 1 is 1.26 bits per heavy atom. The van der Waals surface area contributed by atoms with E-state index in [2.05, 4.69) is 41.6 Å². The van der Waals surface area contributed by atoms with Crippen LogP contribution in [0.15, 0.2) is 5.16 Å². The highest BCUT2D eigenvalue weighted by Gasteiger charge is 2.22. The molecule has 0 radical (unpaired) electrons. The van der Waals surface area contributed by atoms with Gasteiger partial charge < -0.3 is 5.32 Å². The number of nitrogens with one attached hydrogen (secondary N) is 1. The minimum Gasteiger partial charge on any atom is -0.315 e. The van der Waals surface area contributed by atoms with Gasteiger partial charge in [-0.2, -0.15) is 0 Å². The van der Waals surface area contributed by atoms with Crippen LogP contribution in [-0.2, 0) is 0 Å². The highest BCUT2D eigenvalue weighted by Crippen LogP contribution is 2.32. The zero-order valence-electron chi connectivity index (χ0n) is 12.2. The number of rotatable bonds is 7. The van der Waals surface area contributed by atoms with Crippen LogP contribution in [0.4, 0.5) is 0 Å². The Kier molecular flexibility index (Phi) is 5.63. The van der Waals surface area contributed by atoms with Crippen LogP contribution < -0.4 is 5.32 Å². The summed E-state index contributed by atoms with van der Waals surface area (Å²) < 4.78 is 2.04. The van der Waals surface area contributed by atoms with Gasteiger partial charge in [0, 0.05) is 11.8 Å². The molecule has 1 unspecified atom stereocenters. The normalized spacial score (nSPS) is 18.3. The second-order valence-corrected chi connectivity index (χ2v) is 7.23. The molecule has 1 saturated carbocycles. The molecule has 0 aromatic carbocycles. The van der Waals surface area contributed by atoms with Gasteiger partial charge in [0.1, 0.15) is 0 Å². The van der Waals surface area contributed by atoms with Gasteiger partial charge in [-0.15, -0.1) is 5.10 Å². The summed E-state index contributed by atoms with van der Waals surface area (Å²) in [5.74, 6) is 0.695. The second kappa shape index (κ2) is 7.24. The van der Waals surface area contributed by atoms with Gasteiger partial charge in [0.25, 0.3) is 0 Å². The van der Waals surface area contributed by atoms with Crippen LogP contribution in [0, 0.1) is 5.92 Å². The SMILES string of the molecule is CC(C)CNCC(C)Sc1nnnn1C1CCCC1. The van der Waals surface area contributed by atoms with Crippen LogP contribution in [0.2, 0.25) is 0 Å². The molecule has 2 rings (SSSR count). The lowest BCUT2D eigenvalue weighted by atomic mass is 10.2. The first-order chi connectivity index (χ1) is 9.16. The molecule has 1 N–H and O–H groups in total. The first kappa shape index (κ1) is 14.8. The standard InChI is InChI=1S/C13H25N5S/c1-10(2)8-14-9-11(3)19-13-15-16-17-18(13)12-6-4-5-7-12/h10-12,14H,4-9H2,1-3H3. The third kappa shape index (κ3) is 4.45. The molecule has 1 aromatic heterocycles. The summed E-state index contributed by atoms with van der Waals surface area (Å²) in [6, 6.07) is 0.522. The molecule has 1 heterocycles. The Balaban J connectivity index is 1.83. The van der Waals surface area contributed by atoms with E-state index < -0.39 is 0 Å². The van der Waals surface area contributed by atoms with Crippen LogP contribution in [0.1, 0.15) is 52.5 Å². The predicted molar refractivity (Wildman–Crippen MR) is 78.3 cm³/mol. The van der Waals surface area contributed by atoms with Crippen molar-refractivity contribution >= 4 is 11.8 Å². The molecule has 0 bridgehead atoms. The van der Waals surface area contributed by atoms with E-state index in [-0.39, 0.29) is 0 Å². The van der Waals surface area contributed by atoms with E-state index in [0.717, 1.165) is 18.2 Å². The Labute approximate surface area is 119 Å². The summed E-state index contributed by atoms with van der Waals surface area (Å²) >= 11 is 1.78. The maximum Gasteiger partial charge on any atom is 0.209 e. The minimum atomic E-state index is 0.491. The van der Waals surface area contributed by atoms with Gasteiger partial charge in [-0.05, 0) is 35.7 Å². The Hall–Kier alpha value is -0.620. The Morgan fingerprint density at radius 2 is 2.00 bits per heavy atom. The van der Waals surface area contributed by atoms with E-state index in [1.807, 2.05) is 4.68 Å². The maximum atomic E-state index is 4.18. The van der Waals surface area contributed by atoms with Crippen molar-refractivity contribution in [1.29, 1.82) is 0 Å². The number of thioether (sulfide) groups is 1. The first-order valence-electron chi connectivity index (χ1n) is 7.32. The molecule has 1 atom stereocenters. The molecule has 0 amide bonds. The summed E-state index contributed by atoms with van der Waals surface area (Å²) in [4.78, 5) is 0. The number of nitrogens with zero attached hydrogens (tertiary/aromatic N) is 4. The predicted octanol–water partition coefficient (Wildman–Crippen LogP) is 2.51. The van der Waals surface area contributed by atoms with E-state index >= 15 is 0 Å². The lowest BCUT2D eigenvalue weighted by Gasteiger charge is -2.15. The molecule has 108 valence electrons. The van der Waals surface area contributed by atoms with Crippen LogP contribution in [0.3, 0.4) is 0 Å². The monoisotopic (exact) mass is 283 g/mol. The van der Waals surface area contributed by atoms with Crippen LogP contribution >= 0.6 is 11.8 Å². The van der Waals surface area contributed by atoms with Crippen molar-refractivity contribution in [3.63, 3.8) is 0 Å². The Bertz CT molecular complexity index is 373. The molecule has 1 aliphatic carbocycles. The molecule has 5 nitrogen and oxygen atoms in total. The topological polar surface area (TPSA) is 55.6 Å². The van der Waals surface area contributed by atoms with Crippen molar-refractivity contribution in [1.82, 2.24) is 25.5 Å². The fourth-order valence-corrected chi connectivity index (χ4v) is 3.38. The fraction of sp³-hybridized carbons (Fsp3) is 0.923. The summed E-state index contributed by atoms with van der Waals surface area (Å²) in [6.45, 7) is 8.75. The number of hydrogen-bond acceptors (Lipinski definition) is 5. The van der Waals surface area contributed by atoms with E-state index in [1.165, 1.54) is 25.7 Å². The van der Waals surface area contributed by atoms with E-state index in [4.69, 9.17) is 0 Å². The number of hydrogen-bond donors (Lipinski definition) is 1. The van der Waals surface area contributed by atoms with Gasteiger partial charge in [0.15, 0.2) is 0 Å². The second-order valence-electron chi connectivity index (χ2n) is 5.82. The van der Waals surface area contributed by atoms with Crippen LogP contribution in [-0.4, -0.2) is 38.5 Å². The maximum absolute atomic E-state index is 4.18. The van der Waals surface area contributed by atoms with E-state index in [0.29, 0.717) is 17.2 Å². The summed E-state index contributed by atoms with van der Waals surface area (Å²) in [7, 11) is 0. The molecule has 19 heavy (non-hydrogen) atoms. The highest BCUT2D eigenvalue weighted by molar-refractivity contribution is 7.99. The molecule has 0 spiro atoms. The third-order valence-corrected chi connectivity index (χ3v) is 4.47. The summed E-state index contributed by atoms with van der Waals surface area (Å²) in [5, 5.41) is 17.2. The quantitative estimate of drug-likeness (QED) is 0.779. The van der Waals surface area contributed by atoms with Gasteiger partial charge in [0.2, 0.25) is 5.16 Å². The van der Waals surface area contributed by atoms with Crippen LogP contribution in [0.25, 0.3) is 0 Å². The molecule has 0 saturated heterocycles. The molecule has 1 aliphatic rings. The molecule has 1 fully saturated rings. The van der Waals surface area contributed by atoms with Gasteiger partial charge in [-0.1, -0.05) is 45.4 Å². The van der Waals surface area contributed by atoms with Crippen molar-refractivity contribution in [2.45, 2.75) is 62.9 Å². The summed E-state index contributed by atoms with van der Waals surface area (Å²) in [5.41, 5.74) is 0. The Morgan fingerprint density at radius 3 is 2.68 bits per heavy atom. The molecule has 1 aromatic rings. The van der Waals surface area contributed by atoms with Gasteiger partial charge in [-0.3, -0.25) is 0 Å². The van der Waals surface area contributed by atoms with Crippen molar-refractivity contribution in [2.24, 2.45) is 5.92 Å². The van der Waals surface area contributed by atoms with Crippen molar-refractivity contribution < 1.29 is 0 Å². The molecule has 6 heteroatoms. The molecular weight excluding hydrogens is 258 g/mol. The largest absolute Gasteiger partial charge is 0.315 e. The van der Waals surface area contributed by atoms with Crippen molar-refractivity contribution in [2.75, 3.05) is 13.1 Å². The van der Waals surface area contributed by atoms with Crippen molar-refractivity contribution in [3.8, 4) is 0 Å². The fourth-order valence-electron chi connectivity index (χ4n) is 2.44. The van der Waals surface area contributed by atoms with Gasteiger partial charge in [-0.25, -0.2) is 4.68 Å². The molecular formula is C13H25N5S. The van der Waals surface area contributed by atoms with Crippen molar-refractivity contribution in [3.05, 3.63) is 0 Å². The van der Waals surface area contributed by atoms with E-state index in [1.54, 1.807) is 11.8 Å². The lowest BCUT2D eigenvalue weighted by Crippen LogP contribution is -2.26. The van der Waals surface area contributed by atoms with Gasteiger partial charge >= 0.3 is 0 Å². The highest BCUT2D eigenvalue weighted by atomic mass is 32.2. The zero-order valence-corrected chi connectivity index (χ0v) is 13.0. The summed E-state index contributed by atoms with van der Waals surface area (Å²) in [6.07, 6.45) is 5.05. The average Bonchev–Trinajstić information content (AvgIpc) is 2.97. The smallest absolute Gasteiger partial charge is 0.209 e. The van der Waals surface area contributed by atoms with Gasteiger partial charge in [0.05, 0.1) is 6.04 Å². The minimum absolute atomic E-state index is 0.491. The number of tetrazole rings is 1. The van der Waals surface area contributed by atoms with E-state index in [9.17, 15) is 0 Å². The average molecular weight is 283 g/mol.